The average Bonchev–Trinajstić information content (AvgIpc) is 2.83. The Bertz CT molecular complexity index is 1150. The lowest BCUT2D eigenvalue weighted by molar-refractivity contribution is -0.128. The van der Waals surface area contributed by atoms with Gasteiger partial charge in [-0.1, -0.05) is 54.2 Å². The number of fused-ring (bicyclic) bond motifs is 1. The molecule has 7 heteroatoms. The number of amides is 1. The van der Waals surface area contributed by atoms with Gasteiger partial charge in [-0.3, -0.25) is 19.1 Å². The molecule has 0 aliphatic heterocycles. The Morgan fingerprint density at radius 2 is 1.59 bits per heavy atom. The summed E-state index contributed by atoms with van der Waals surface area (Å²) in [7, 11) is 1.82. The second kappa shape index (κ2) is 11.7. The van der Waals surface area contributed by atoms with Crippen molar-refractivity contribution in [2.45, 2.75) is 64.4 Å². The third kappa shape index (κ3) is 6.07. The molecular formula is C27H36N4O2S. The summed E-state index contributed by atoms with van der Waals surface area (Å²) in [6.07, 6.45) is 0. The largest absolute Gasteiger partial charge is 0.338 e. The van der Waals surface area contributed by atoms with Gasteiger partial charge in [0.1, 0.15) is 0 Å². The molecule has 1 unspecified atom stereocenters. The van der Waals surface area contributed by atoms with E-state index in [-0.39, 0.29) is 23.3 Å². The molecule has 6 nitrogen and oxygen atoms in total. The first-order chi connectivity index (χ1) is 16.2. The molecule has 1 aromatic heterocycles. The number of para-hydroxylation sites is 1. The lowest BCUT2D eigenvalue weighted by atomic mass is 10.1. The molecule has 0 bridgehead atoms. The van der Waals surface area contributed by atoms with E-state index in [0.717, 1.165) is 12.1 Å². The summed E-state index contributed by atoms with van der Waals surface area (Å²) in [6.45, 7) is 12.0. The van der Waals surface area contributed by atoms with Crippen LogP contribution in [0.4, 0.5) is 0 Å². The highest BCUT2D eigenvalue weighted by molar-refractivity contribution is 7.99. The van der Waals surface area contributed by atoms with Crippen LogP contribution >= 0.6 is 11.8 Å². The third-order valence-corrected chi connectivity index (χ3v) is 7.28. The van der Waals surface area contributed by atoms with Gasteiger partial charge in [0.2, 0.25) is 5.91 Å². The van der Waals surface area contributed by atoms with E-state index in [4.69, 9.17) is 4.98 Å². The predicted octanol–water partition coefficient (Wildman–Crippen LogP) is 4.83. The minimum absolute atomic E-state index is 0.00120. The molecule has 0 aliphatic carbocycles. The van der Waals surface area contributed by atoms with Gasteiger partial charge >= 0.3 is 0 Å². The Hall–Kier alpha value is -2.64. The van der Waals surface area contributed by atoms with Gasteiger partial charge in [-0.25, -0.2) is 4.98 Å². The van der Waals surface area contributed by atoms with Crippen molar-refractivity contribution in [3.05, 3.63) is 70.5 Å². The van der Waals surface area contributed by atoms with Gasteiger partial charge in [-0.15, -0.1) is 0 Å². The molecule has 0 spiro atoms. The number of carbonyl (C=O) groups excluding carboxylic acids is 1. The minimum Gasteiger partial charge on any atom is -0.338 e. The van der Waals surface area contributed by atoms with E-state index in [1.54, 1.807) is 9.47 Å². The highest BCUT2D eigenvalue weighted by Gasteiger charge is 2.20. The van der Waals surface area contributed by atoms with Crippen LogP contribution in [0.25, 0.3) is 10.9 Å². The molecule has 3 aromatic rings. The van der Waals surface area contributed by atoms with Crippen molar-refractivity contribution in [2.24, 2.45) is 0 Å². The summed E-state index contributed by atoms with van der Waals surface area (Å²) >= 11 is 1.34. The fraction of sp³-hybridized carbons (Fsp3) is 0.444. The van der Waals surface area contributed by atoms with E-state index in [1.165, 1.54) is 11.8 Å². The zero-order chi connectivity index (χ0) is 24.8. The summed E-state index contributed by atoms with van der Waals surface area (Å²) in [6, 6.07) is 18.1. The summed E-state index contributed by atoms with van der Waals surface area (Å²) in [4.78, 5) is 35.3. The van der Waals surface area contributed by atoms with Gasteiger partial charge in [0.25, 0.3) is 5.56 Å². The van der Waals surface area contributed by atoms with Gasteiger partial charge in [-0.05, 0) is 52.3 Å². The van der Waals surface area contributed by atoms with Gasteiger partial charge < -0.3 is 4.90 Å². The van der Waals surface area contributed by atoms with Crippen LogP contribution in [0, 0.1) is 0 Å². The third-order valence-electron chi connectivity index (χ3n) is 6.32. The number of nitrogens with zero attached hydrogens (tertiary/aromatic N) is 4. The van der Waals surface area contributed by atoms with E-state index in [2.05, 4.69) is 32.6 Å². The summed E-state index contributed by atoms with van der Waals surface area (Å²) < 4.78 is 1.73. The normalized spacial score (nSPS) is 12.6. The first-order valence-electron chi connectivity index (χ1n) is 11.9. The van der Waals surface area contributed by atoms with Gasteiger partial charge in [-0.2, -0.15) is 0 Å². The SMILES string of the molecule is CC(c1ccccc1)N(C)C(=O)CSc1nc2ccccc2c(=O)n1CCN(C(C)C)C(C)C. The molecule has 1 heterocycles. The molecule has 2 aromatic carbocycles. The maximum absolute atomic E-state index is 13.4. The van der Waals surface area contributed by atoms with Gasteiger partial charge in [0, 0.05) is 32.2 Å². The first kappa shape index (κ1) is 26.0. The maximum Gasteiger partial charge on any atom is 0.262 e. The first-order valence-corrected chi connectivity index (χ1v) is 12.9. The fourth-order valence-corrected chi connectivity index (χ4v) is 5.13. The number of hydrogen-bond acceptors (Lipinski definition) is 5. The van der Waals surface area contributed by atoms with Crippen LogP contribution in [0.2, 0.25) is 0 Å². The molecule has 1 amide bonds. The van der Waals surface area contributed by atoms with Crippen LogP contribution in [-0.2, 0) is 11.3 Å². The van der Waals surface area contributed by atoms with Crippen LogP contribution in [-0.4, -0.2) is 56.7 Å². The van der Waals surface area contributed by atoms with Crippen molar-refractivity contribution in [3.8, 4) is 0 Å². The van der Waals surface area contributed by atoms with E-state index < -0.39 is 0 Å². The second-order valence-electron chi connectivity index (χ2n) is 9.17. The molecule has 34 heavy (non-hydrogen) atoms. The Kier molecular flexibility index (Phi) is 8.91. The van der Waals surface area contributed by atoms with Gasteiger partial charge in [0.15, 0.2) is 5.16 Å². The van der Waals surface area contributed by atoms with Crippen LogP contribution in [0.1, 0.15) is 46.2 Å². The lowest BCUT2D eigenvalue weighted by Gasteiger charge is -2.31. The van der Waals surface area contributed by atoms with E-state index >= 15 is 0 Å². The summed E-state index contributed by atoms with van der Waals surface area (Å²) in [5.41, 5.74) is 1.69. The standard InChI is InChI=1S/C27H36N4O2S/c1-19(2)30(20(3)4)16-17-31-26(33)23-14-10-11-15-24(23)28-27(31)34-18-25(32)29(6)21(5)22-12-8-7-9-13-22/h7-15,19-21H,16-18H2,1-6H3. The Morgan fingerprint density at radius 3 is 2.24 bits per heavy atom. The number of aromatic nitrogens is 2. The summed E-state index contributed by atoms with van der Waals surface area (Å²) in [5, 5.41) is 1.19. The predicted molar refractivity (Wildman–Crippen MR) is 141 cm³/mol. The quantitative estimate of drug-likeness (QED) is 0.307. The zero-order valence-electron chi connectivity index (χ0n) is 21.1. The summed E-state index contributed by atoms with van der Waals surface area (Å²) in [5.74, 6) is 0.220. The molecule has 0 N–H and O–H groups in total. The Balaban J connectivity index is 1.83. The lowest BCUT2D eigenvalue weighted by Crippen LogP contribution is -2.40. The van der Waals surface area contributed by atoms with Crippen LogP contribution < -0.4 is 5.56 Å². The van der Waals surface area contributed by atoms with E-state index in [1.807, 2.05) is 68.6 Å². The van der Waals surface area contributed by atoms with Gasteiger partial charge in [0.05, 0.1) is 22.7 Å². The van der Waals surface area contributed by atoms with Crippen molar-refractivity contribution < 1.29 is 4.79 Å². The van der Waals surface area contributed by atoms with Crippen molar-refractivity contribution in [2.75, 3.05) is 19.3 Å². The molecule has 1 atom stereocenters. The van der Waals surface area contributed by atoms with Crippen LogP contribution in [0.5, 0.6) is 0 Å². The van der Waals surface area contributed by atoms with Crippen molar-refractivity contribution in [3.63, 3.8) is 0 Å². The Morgan fingerprint density at radius 1 is 0.971 bits per heavy atom. The molecule has 0 radical (unpaired) electrons. The minimum atomic E-state index is -0.0565. The van der Waals surface area contributed by atoms with E-state index in [9.17, 15) is 9.59 Å². The monoisotopic (exact) mass is 480 g/mol. The zero-order valence-corrected chi connectivity index (χ0v) is 21.9. The molecule has 0 fully saturated rings. The number of carbonyl (C=O) groups is 1. The molecule has 0 saturated carbocycles. The molecule has 0 aliphatic rings. The van der Waals surface area contributed by atoms with E-state index in [0.29, 0.717) is 34.7 Å². The van der Waals surface area contributed by atoms with Crippen molar-refractivity contribution in [1.29, 1.82) is 0 Å². The fourth-order valence-electron chi connectivity index (χ4n) is 4.18. The van der Waals surface area contributed by atoms with Crippen LogP contribution in [0.15, 0.2) is 64.5 Å². The number of benzene rings is 2. The smallest absolute Gasteiger partial charge is 0.262 e. The average molecular weight is 481 g/mol. The van der Waals surface area contributed by atoms with Crippen molar-refractivity contribution in [1.82, 2.24) is 19.4 Å². The second-order valence-corrected chi connectivity index (χ2v) is 10.1. The topological polar surface area (TPSA) is 58.4 Å². The highest BCUT2D eigenvalue weighted by atomic mass is 32.2. The molecular weight excluding hydrogens is 444 g/mol. The van der Waals surface area contributed by atoms with Crippen LogP contribution in [0.3, 0.4) is 0 Å². The molecule has 0 saturated heterocycles. The number of thioether (sulfide) groups is 1. The maximum atomic E-state index is 13.4. The van der Waals surface area contributed by atoms with Crippen molar-refractivity contribution >= 4 is 28.6 Å². The molecule has 3 rings (SSSR count). The Labute approximate surface area is 207 Å². The highest BCUT2D eigenvalue weighted by Crippen LogP contribution is 2.22. The molecule has 182 valence electrons. The number of hydrogen-bond donors (Lipinski definition) is 0. The number of rotatable bonds is 10.